The number of phenolic OH excluding ortho intramolecular Hbond substituents is 2. The molecule has 2 aromatic carbocycles. The lowest BCUT2D eigenvalue weighted by Crippen LogP contribution is -1.79. The molecule has 92 valence electrons. The Morgan fingerprint density at radius 2 is 1.79 bits per heavy atom. The van der Waals surface area contributed by atoms with Crippen LogP contribution in [0.5, 0.6) is 11.5 Å². The summed E-state index contributed by atoms with van der Waals surface area (Å²) in [5.41, 5.74) is 2.20. The first-order chi connectivity index (χ1) is 9.17. The van der Waals surface area contributed by atoms with Crippen molar-refractivity contribution in [1.29, 1.82) is 0 Å². The molecule has 2 N–H and O–H groups in total. The summed E-state index contributed by atoms with van der Waals surface area (Å²) in [6, 6.07) is 9.99. The third kappa shape index (κ3) is 2.01. The van der Waals surface area contributed by atoms with E-state index in [2.05, 4.69) is 10.9 Å². The Labute approximate surface area is 113 Å². The fourth-order valence-corrected chi connectivity index (χ4v) is 2.88. The molecular weight excluding hydrogens is 258 g/mol. The van der Waals surface area contributed by atoms with Gasteiger partial charge in [0.25, 0.3) is 0 Å². The molecule has 4 heteroatoms. The molecule has 0 saturated carbocycles. The summed E-state index contributed by atoms with van der Waals surface area (Å²) in [5.74, 6) is 2.88. The van der Waals surface area contributed by atoms with E-state index in [1.165, 1.54) is 17.4 Å². The van der Waals surface area contributed by atoms with Gasteiger partial charge >= 0.3 is 0 Å². The number of hydrogen-bond donors (Lipinski definition) is 2. The summed E-state index contributed by atoms with van der Waals surface area (Å²) in [6.07, 6.45) is 5.42. The predicted octanol–water partition coefficient (Wildman–Crippen LogP) is 3.36. The van der Waals surface area contributed by atoms with Gasteiger partial charge in [-0.15, -0.1) is 17.8 Å². The molecule has 0 spiro atoms. The van der Waals surface area contributed by atoms with Gasteiger partial charge in [-0.05, 0) is 36.4 Å². The van der Waals surface area contributed by atoms with Crippen molar-refractivity contribution in [2.24, 2.45) is 0 Å². The van der Waals surface area contributed by atoms with Gasteiger partial charge in [0.15, 0.2) is 0 Å². The van der Waals surface area contributed by atoms with E-state index < -0.39 is 0 Å². The number of aromatic hydroxyl groups is 2. The first kappa shape index (κ1) is 11.6. The summed E-state index contributed by atoms with van der Waals surface area (Å²) in [4.78, 5) is 4.51. The Bertz CT molecular complexity index is 797. The molecule has 0 aliphatic carbocycles. The second-order valence-electron chi connectivity index (χ2n) is 4.05. The fraction of sp³-hybridized carbons (Fsp3) is 0. The number of fused-ring (bicyclic) bond motifs is 1. The van der Waals surface area contributed by atoms with Crippen LogP contribution < -0.4 is 0 Å². The van der Waals surface area contributed by atoms with Crippen molar-refractivity contribution < 1.29 is 10.2 Å². The molecule has 0 amide bonds. The molecule has 0 unspecified atom stereocenters. The van der Waals surface area contributed by atoms with Crippen LogP contribution >= 0.6 is 11.3 Å². The van der Waals surface area contributed by atoms with Crippen LogP contribution in [0.1, 0.15) is 5.56 Å². The highest BCUT2D eigenvalue weighted by atomic mass is 32.1. The van der Waals surface area contributed by atoms with Gasteiger partial charge in [0.2, 0.25) is 0 Å². The summed E-state index contributed by atoms with van der Waals surface area (Å²) < 4.78 is 0.844. The molecule has 19 heavy (non-hydrogen) atoms. The molecule has 3 rings (SSSR count). The van der Waals surface area contributed by atoms with Crippen molar-refractivity contribution in [1.82, 2.24) is 4.98 Å². The molecule has 0 atom stereocenters. The van der Waals surface area contributed by atoms with Crippen molar-refractivity contribution in [2.75, 3.05) is 0 Å². The quantitative estimate of drug-likeness (QED) is 0.665. The van der Waals surface area contributed by atoms with Gasteiger partial charge < -0.3 is 10.2 Å². The normalized spacial score (nSPS) is 10.5. The maximum absolute atomic E-state index is 9.61. The largest absolute Gasteiger partial charge is 0.508 e. The van der Waals surface area contributed by atoms with Crippen molar-refractivity contribution in [3.63, 3.8) is 0 Å². The highest BCUT2D eigenvalue weighted by Gasteiger charge is 2.10. The topological polar surface area (TPSA) is 53.4 Å². The van der Waals surface area contributed by atoms with Crippen LogP contribution in [0.3, 0.4) is 0 Å². The van der Waals surface area contributed by atoms with Gasteiger partial charge in [0, 0.05) is 5.56 Å². The van der Waals surface area contributed by atoms with Crippen molar-refractivity contribution in [3.05, 3.63) is 42.0 Å². The van der Waals surface area contributed by atoms with Crippen LogP contribution in [0.2, 0.25) is 0 Å². The third-order valence-corrected chi connectivity index (χ3v) is 3.80. The van der Waals surface area contributed by atoms with Crippen molar-refractivity contribution >= 4 is 21.6 Å². The Morgan fingerprint density at radius 1 is 1.05 bits per heavy atom. The van der Waals surface area contributed by atoms with Gasteiger partial charge in [-0.25, -0.2) is 4.98 Å². The molecule has 1 aromatic heterocycles. The van der Waals surface area contributed by atoms with Crippen LogP contribution in [0.25, 0.3) is 20.8 Å². The minimum atomic E-state index is 0.140. The van der Waals surface area contributed by atoms with Crippen LogP contribution in [0, 0.1) is 12.3 Å². The number of phenols is 2. The van der Waals surface area contributed by atoms with Gasteiger partial charge in [-0.1, -0.05) is 5.92 Å². The monoisotopic (exact) mass is 267 g/mol. The molecule has 0 fully saturated rings. The van der Waals surface area contributed by atoms with Gasteiger partial charge in [0.05, 0.1) is 15.8 Å². The van der Waals surface area contributed by atoms with Gasteiger partial charge in [-0.2, -0.15) is 0 Å². The van der Waals surface area contributed by atoms with Crippen LogP contribution in [-0.2, 0) is 0 Å². The highest BCUT2D eigenvalue weighted by molar-refractivity contribution is 7.21. The van der Waals surface area contributed by atoms with E-state index in [-0.39, 0.29) is 11.5 Å². The van der Waals surface area contributed by atoms with E-state index in [4.69, 9.17) is 6.42 Å². The van der Waals surface area contributed by atoms with Crippen molar-refractivity contribution in [2.45, 2.75) is 0 Å². The molecule has 0 aliphatic heterocycles. The number of nitrogens with zero attached hydrogens (tertiary/aromatic N) is 1. The maximum Gasteiger partial charge on any atom is 0.124 e. The number of rotatable bonds is 1. The number of terminal acetylenes is 1. The van der Waals surface area contributed by atoms with E-state index in [1.807, 2.05) is 0 Å². The maximum atomic E-state index is 9.61. The van der Waals surface area contributed by atoms with E-state index in [0.29, 0.717) is 11.1 Å². The minimum absolute atomic E-state index is 0.140. The number of hydrogen-bond acceptors (Lipinski definition) is 4. The molecular formula is C15H9NO2S. The first-order valence-electron chi connectivity index (χ1n) is 5.57. The van der Waals surface area contributed by atoms with Crippen molar-refractivity contribution in [3.8, 4) is 34.4 Å². The Balaban J connectivity index is 2.22. The lowest BCUT2D eigenvalue weighted by molar-refractivity contribution is 0.475. The summed E-state index contributed by atoms with van der Waals surface area (Å²) >= 11 is 1.45. The van der Waals surface area contributed by atoms with E-state index in [9.17, 15) is 10.2 Å². The van der Waals surface area contributed by atoms with E-state index in [0.717, 1.165) is 15.3 Å². The van der Waals surface area contributed by atoms with Crippen LogP contribution in [0.4, 0.5) is 0 Å². The summed E-state index contributed by atoms with van der Waals surface area (Å²) in [7, 11) is 0. The molecule has 0 saturated heterocycles. The van der Waals surface area contributed by atoms with E-state index in [1.54, 1.807) is 30.3 Å². The molecule has 3 nitrogen and oxygen atoms in total. The zero-order valence-corrected chi connectivity index (χ0v) is 10.6. The zero-order valence-electron chi connectivity index (χ0n) is 9.79. The number of aromatic nitrogens is 1. The Hall–Kier alpha value is -2.51. The summed E-state index contributed by atoms with van der Waals surface area (Å²) in [6.45, 7) is 0. The lowest BCUT2D eigenvalue weighted by Gasteiger charge is -1.95. The molecule has 0 aliphatic rings. The molecule has 0 bridgehead atoms. The van der Waals surface area contributed by atoms with Crippen LogP contribution in [-0.4, -0.2) is 15.2 Å². The molecule has 1 heterocycles. The average molecular weight is 267 g/mol. The molecule has 3 aromatic rings. The second-order valence-corrected chi connectivity index (χ2v) is 5.08. The van der Waals surface area contributed by atoms with Gasteiger partial charge in [0.1, 0.15) is 16.5 Å². The summed E-state index contributed by atoms with van der Waals surface area (Å²) in [5, 5.41) is 19.7. The SMILES string of the molecule is C#Cc1cc(O)cc2sc(-c3ccc(O)cc3)nc12. The minimum Gasteiger partial charge on any atom is -0.508 e. The predicted molar refractivity (Wildman–Crippen MR) is 76.3 cm³/mol. The zero-order chi connectivity index (χ0) is 13.4. The number of benzene rings is 2. The van der Waals surface area contributed by atoms with Crippen LogP contribution in [0.15, 0.2) is 36.4 Å². The first-order valence-corrected chi connectivity index (χ1v) is 6.38. The standard InChI is InChI=1S/C15H9NO2S/c1-2-9-7-12(18)8-13-14(9)16-15(19-13)10-3-5-11(17)6-4-10/h1,3-8,17-18H. The van der Waals surface area contributed by atoms with E-state index >= 15 is 0 Å². The Kier molecular flexibility index (Phi) is 2.62. The lowest BCUT2D eigenvalue weighted by atomic mass is 10.2. The Morgan fingerprint density at radius 3 is 2.47 bits per heavy atom. The third-order valence-electron chi connectivity index (χ3n) is 2.75. The smallest absolute Gasteiger partial charge is 0.124 e. The molecule has 0 radical (unpaired) electrons. The van der Waals surface area contributed by atoms with Gasteiger partial charge in [-0.3, -0.25) is 0 Å². The fourth-order valence-electron chi connectivity index (χ4n) is 1.85. The highest BCUT2D eigenvalue weighted by Crippen LogP contribution is 2.34. The number of thiazole rings is 1. The second kappa shape index (κ2) is 4.30. The average Bonchev–Trinajstić information content (AvgIpc) is 2.82.